The normalized spacial score (nSPS) is 14.6. The Balaban J connectivity index is 1.70. The summed E-state index contributed by atoms with van der Waals surface area (Å²) in [6.07, 6.45) is 4.99. The van der Waals surface area contributed by atoms with Crippen LogP contribution in [0.3, 0.4) is 0 Å². The Bertz CT molecular complexity index is 625. The summed E-state index contributed by atoms with van der Waals surface area (Å²) in [7, 11) is 3.43. The summed E-state index contributed by atoms with van der Waals surface area (Å²) in [6, 6.07) is 8.30. The molecule has 0 unspecified atom stereocenters. The molecule has 1 aliphatic heterocycles. The zero-order valence-electron chi connectivity index (χ0n) is 13.2. The smallest absolute Gasteiger partial charge is 0.118 e. The lowest BCUT2D eigenvalue weighted by Crippen LogP contribution is -2.30. The van der Waals surface area contributed by atoms with E-state index in [-0.39, 0.29) is 0 Å². The second-order valence-corrected chi connectivity index (χ2v) is 5.68. The third-order valence-electron chi connectivity index (χ3n) is 4.17. The van der Waals surface area contributed by atoms with Gasteiger partial charge in [-0.05, 0) is 40.8 Å². The van der Waals surface area contributed by atoms with E-state index in [2.05, 4.69) is 22.0 Å². The highest BCUT2D eigenvalue weighted by Crippen LogP contribution is 2.23. The second kappa shape index (κ2) is 6.90. The van der Waals surface area contributed by atoms with E-state index in [4.69, 9.17) is 9.47 Å². The summed E-state index contributed by atoms with van der Waals surface area (Å²) < 4.78 is 10.5. The molecule has 0 bridgehead atoms. The molecule has 0 spiro atoms. The van der Waals surface area contributed by atoms with Crippen LogP contribution in [-0.4, -0.2) is 30.6 Å². The molecule has 0 radical (unpaired) electrons. The first-order valence-corrected chi connectivity index (χ1v) is 7.59. The number of rotatable bonds is 5. The van der Waals surface area contributed by atoms with Crippen molar-refractivity contribution in [1.29, 1.82) is 0 Å². The molecule has 1 aromatic heterocycles. The Morgan fingerprint density at radius 3 is 2.68 bits per heavy atom. The predicted molar refractivity (Wildman–Crippen MR) is 85.8 cm³/mol. The molecule has 2 aromatic rings. The Morgan fingerprint density at radius 1 is 1.14 bits per heavy atom. The monoisotopic (exact) mass is 298 g/mol. The van der Waals surface area contributed by atoms with Crippen LogP contribution in [0.5, 0.6) is 5.75 Å². The van der Waals surface area contributed by atoms with E-state index in [0.717, 1.165) is 31.8 Å². The maximum Gasteiger partial charge on any atom is 0.118 e. The molecule has 0 amide bonds. The van der Waals surface area contributed by atoms with Crippen LogP contribution in [0.15, 0.2) is 36.7 Å². The summed E-state index contributed by atoms with van der Waals surface area (Å²) in [4.78, 5) is 6.82. The molecular formula is C18H22N2O2. The van der Waals surface area contributed by atoms with Crippen LogP contribution in [-0.2, 0) is 30.9 Å². The molecule has 0 atom stereocenters. The number of benzene rings is 1. The van der Waals surface area contributed by atoms with Gasteiger partial charge in [0, 0.05) is 39.1 Å². The number of pyridine rings is 1. The molecule has 4 heteroatoms. The molecule has 0 N–H and O–H groups in total. The minimum atomic E-state index is 0.647. The molecule has 1 aromatic carbocycles. The van der Waals surface area contributed by atoms with E-state index in [0.29, 0.717) is 6.61 Å². The van der Waals surface area contributed by atoms with Gasteiger partial charge in [0.15, 0.2) is 0 Å². The molecule has 1 aliphatic rings. The third kappa shape index (κ3) is 3.29. The highest BCUT2D eigenvalue weighted by molar-refractivity contribution is 5.34. The van der Waals surface area contributed by atoms with Crippen molar-refractivity contribution < 1.29 is 9.47 Å². The lowest BCUT2D eigenvalue weighted by atomic mass is 9.97. The van der Waals surface area contributed by atoms with Gasteiger partial charge >= 0.3 is 0 Å². The summed E-state index contributed by atoms with van der Waals surface area (Å²) in [6.45, 7) is 3.62. The highest BCUT2D eigenvalue weighted by atomic mass is 16.5. The summed E-state index contributed by atoms with van der Waals surface area (Å²) in [5.74, 6) is 0.904. The van der Waals surface area contributed by atoms with Gasteiger partial charge in [-0.1, -0.05) is 12.1 Å². The molecule has 3 rings (SSSR count). The minimum Gasteiger partial charge on any atom is -0.497 e. The lowest BCUT2D eigenvalue weighted by molar-refractivity contribution is 0.181. The molecule has 0 fully saturated rings. The zero-order valence-corrected chi connectivity index (χ0v) is 13.2. The van der Waals surface area contributed by atoms with Gasteiger partial charge in [-0.25, -0.2) is 0 Å². The first kappa shape index (κ1) is 15.0. The number of hydrogen-bond acceptors (Lipinski definition) is 4. The van der Waals surface area contributed by atoms with Crippen LogP contribution in [0.25, 0.3) is 0 Å². The summed E-state index contributed by atoms with van der Waals surface area (Å²) >= 11 is 0. The quantitative estimate of drug-likeness (QED) is 0.850. The van der Waals surface area contributed by atoms with Crippen LogP contribution < -0.4 is 4.74 Å². The number of fused-ring (bicyclic) bond motifs is 1. The van der Waals surface area contributed by atoms with Gasteiger partial charge in [-0.15, -0.1) is 0 Å². The largest absolute Gasteiger partial charge is 0.497 e. The van der Waals surface area contributed by atoms with Gasteiger partial charge < -0.3 is 9.47 Å². The van der Waals surface area contributed by atoms with Crippen molar-refractivity contribution in [2.24, 2.45) is 0 Å². The number of methoxy groups -OCH3 is 2. The van der Waals surface area contributed by atoms with Crippen LogP contribution in [0.1, 0.15) is 22.3 Å². The van der Waals surface area contributed by atoms with Crippen LogP contribution in [0.4, 0.5) is 0 Å². The summed E-state index contributed by atoms with van der Waals surface area (Å²) in [5, 5.41) is 0. The van der Waals surface area contributed by atoms with Crippen molar-refractivity contribution in [2.45, 2.75) is 26.1 Å². The fraction of sp³-hybridized carbons (Fsp3) is 0.389. The topological polar surface area (TPSA) is 34.6 Å². The van der Waals surface area contributed by atoms with Crippen LogP contribution in [0.2, 0.25) is 0 Å². The van der Waals surface area contributed by atoms with E-state index < -0.39 is 0 Å². The van der Waals surface area contributed by atoms with E-state index in [1.807, 2.05) is 24.5 Å². The number of hydrogen-bond donors (Lipinski definition) is 0. The van der Waals surface area contributed by atoms with E-state index in [1.54, 1.807) is 14.2 Å². The number of aromatic nitrogens is 1. The van der Waals surface area contributed by atoms with Crippen molar-refractivity contribution >= 4 is 0 Å². The Morgan fingerprint density at radius 2 is 1.95 bits per heavy atom. The molecule has 4 nitrogen and oxygen atoms in total. The van der Waals surface area contributed by atoms with Crippen molar-refractivity contribution in [2.75, 3.05) is 20.8 Å². The third-order valence-corrected chi connectivity index (χ3v) is 4.17. The highest BCUT2D eigenvalue weighted by Gasteiger charge is 2.19. The Kier molecular flexibility index (Phi) is 4.71. The second-order valence-electron chi connectivity index (χ2n) is 5.68. The van der Waals surface area contributed by atoms with E-state index >= 15 is 0 Å². The van der Waals surface area contributed by atoms with Gasteiger partial charge in [-0.3, -0.25) is 9.88 Å². The van der Waals surface area contributed by atoms with E-state index in [9.17, 15) is 0 Å². The van der Waals surface area contributed by atoms with Crippen molar-refractivity contribution in [3.8, 4) is 5.75 Å². The maximum atomic E-state index is 5.27. The average Bonchev–Trinajstić information content (AvgIpc) is 2.56. The minimum absolute atomic E-state index is 0.647. The van der Waals surface area contributed by atoms with Crippen LogP contribution in [0, 0.1) is 0 Å². The predicted octanol–water partition coefficient (Wildman–Crippen LogP) is 2.79. The number of nitrogens with zero attached hydrogens (tertiary/aromatic N) is 2. The standard InChI is InChI=1S/C18H22N2O2/c1-21-13-16-10-19-9-15-12-20(8-7-18(15)16)11-14-3-5-17(22-2)6-4-14/h3-6,9-10H,7-8,11-13H2,1-2H3. The molecule has 0 saturated heterocycles. The van der Waals surface area contributed by atoms with Gasteiger partial charge in [0.1, 0.15) is 5.75 Å². The SMILES string of the molecule is COCc1cncc2c1CCN(Cc1ccc(OC)cc1)C2. The fourth-order valence-electron chi connectivity index (χ4n) is 3.03. The molecule has 0 aliphatic carbocycles. The Labute approximate surface area is 131 Å². The first-order valence-electron chi connectivity index (χ1n) is 7.59. The van der Waals surface area contributed by atoms with Crippen LogP contribution >= 0.6 is 0 Å². The number of ether oxygens (including phenoxy) is 2. The van der Waals surface area contributed by atoms with Crippen molar-refractivity contribution in [3.63, 3.8) is 0 Å². The zero-order chi connectivity index (χ0) is 15.4. The molecular weight excluding hydrogens is 276 g/mol. The Hall–Kier alpha value is -1.91. The maximum absolute atomic E-state index is 5.27. The lowest BCUT2D eigenvalue weighted by Gasteiger charge is -2.29. The summed E-state index contributed by atoms with van der Waals surface area (Å²) in [5.41, 5.74) is 5.28. The van der Waals surface area contributed by atoms with Gasteiger partial charge in [0.25, 0.3) is 0 Å². The van der Waals surface area contributed by atoms with Gasteiger partial charge in [0.05, 0.1) is 13.7 Å². The van der Waals surface area contributed by atoms with Gasteiger partial charge in [-0.2, -0.15) is 0 Å². The first-order chi connectivity index (χ1) is 10.8. The average molecular weight is 298 g/mol. The molecule has 0 saturated carbocycles. The molecule has 116 valence electrons. The van der Waals surface area contributed by atoms with E-state index in [1.165, 1.54) is 22.3 Å². The van der Waals surface area contributed by atoms with Crippen molar-refractivity contribution in [3.05, 3.63) is 58.9 Å². The molecule has 22 heavy (non-hydrogen) atoms. The fourth-order valence-corrected chi connectivity index (χ4v) is 3.03. The molecule has 2 heterocycles. The van der Waals surface area contributed by atoms with Crippen molar-refractivity contribution in [1.82, 2.24) is 9.88 Å². The van der Waals surface area contributed by atoms with Gasteiger partial charge in [0.2, 0.25) is 0 Å².